The molecular weight excluding hydrogens is 623 g/mol. The Morgan fingerprint density at radius 1 is 0.667 bits per heavy atom. The van der Waals surface area contributed by atoms with E-state index in [1.807, 2.05) is 12.1 Å². The summed E-state index contributed by atoms with van der Waals surface area (Å²) in [6.45, 7) is 2.33. The Labute approximate surface area is 293 Å². The van der Waals surface area contributed by atoms with Crippen LogP contribution in [0.25, 0.3) is 99.9 Å². The van der Waals surface area contributed by atoms with Crippen molar-refractivity contribution in [2.24, 2.45) is 0 Å². The molecule has 1 aliphatic carbocycles. The number of hydrogen-bond donors (Lipinski definition) is 0. The number of imidazole rings is 1. The van der Waals surface area contributed by atoms with Crippen molar-refractivity contribution in [3.05, 3.63) is 157 Å². The van der Waals surface area contributed by atoms with E-state index < -0.39 is 0 Å². The highest BCUT2D eigenvalue weighted by Gasteiger charge is 2.24. The van der Waals surface area contributed by atoms with Gasteiger partial charge in [-0.15, -0.1) is 0 Å². The van der Waals surface area contributed by atoms with Gasteiger partial charge < -0.3 is 4.42 Å². The summed E-state index contributed by atoms with van der Waals surface area (Å²) in [5.74, 6) is 0.419. The molecule has 0 radical (unpaired) electrons. The molecule has 51 heavy (non-hydrogen) atoms. The molecule has 10 aromatic rings. The van der Waals surface area contributed by atoms with Gasteiger partial charge in [0.2, 0.25) is 0 Å². The van der Waals surface area contributed by atoms with E-state index in [2.05, 4.69) is 151 Å². The van der Waals surface area contributed by atoms with Gasteiger partial charge in [-0.25, -0.2) is 9.97 Å². The van der Waals surface area contributed by atoms with E-state index in [1.54, 1.807) is 0 Å². The van der Waals surface area contributed by atoms with Gasteiger partial charge in [0.1, 0.15) is 22.3 Å². The molecule has 1 unspecified atom stereocenters. The zero-order chi connectivity index (χ0) is 33.6. The van der Waals surface area contributed by atoms with Crippen LogP contribution < -0.4 is 0 Å². The quantitative estimate of drug-likeness (QED) is 0.191. The van der Waals surface area contributed by atoms with Gasteiger partial charge in [0, 0.05) is 33.5 Å². The lowest BCUT2D eigenvalue weighted by atomic mass is 9.83. The molecule has 0 aliphatic heterocycles. The second-order valence-electron chi connectivity index (χ2n) is 13.8. The molecule has 4 aromatic heterocycles. The molecule has 4 nitrogen and oxygen atoms in total. The fraction of sp³-hybridized carbons (Fsp3) is 0.0638. The maximum absolute atomic E-state index is 6.83. The van der Waals surface area contributed by atoms with Crippen LogP contribution in [-0.4, -0.2) is 14.4 Å². The maximum Gasteiger partial charge on any atom is 0.143 e. The van der Waals surface area contributed by atoms with Crippen molar-refractivity contribution in [1.82, 2.24) is 14.4 Å². The Kier molecular flexibility index (Phi) is 5.97. The highest BCUT2D eigenvalue weighted by molar-refractivity contribution is 6.17. The Morgan fingerprint density at radius 2 is 1.45 bits per heavy atom. The van der Waals surface area contributed by atoms with Gasteiger partial charge in [-0.3, -0.25) is 4.40 Å². The SMILES string of the molecule is CC1CC=Cc2c1cc(-c1cccc(-c3ccc4nc5c6ccccc6nc(-c6ccccc6)c5n4c3)c1)c1oc3cc4ccccc4cc3c21. The van der Waals surface area contributed by atoms with Gasteiger partial charge in [0.15, 0.2) is 0 Å². The Hall–Kier alpha value is -6.52. The summed E-state index contributed by atoms with van der Waals surface area (Å²) in [5, 5.41) is 5.84. The summed E-state index contributed by atoms with van der Waals surface area (Å²) in [7, 11) is 0. The van der Waals surface area contributed by atoms with E-state index in [-0.39, 0.29) is 0 Å². The van der Waals surface area contributed by atoms with E-state index in [0.717, 1.165) is 78.7 Å². The van der Waals surface area contributed by atoms with E-state index >= 15 is 0 Å². The van der Waals surface area contributed by atoms with Crippen LogP contribution in [0.1, 0.15) is 30.4 Å². The average molecular weight is 654 g/mol. The van der Waals surface area contributed by atoms with Crippen LogP contribution in [-0.2, 0) is 0 Å². The van der Waals surface area contributed by atoms with Crippen molar-refractivity contribution in [2.45, 2.75) is 19.3 Å². The number of pyridine rings is 2. The predicted molar refractivity (Wildman–Crippen MR) is 211 cm³/mol. The van der Waals surface area contributed by atoms with Gasteiger partial charge in [0.05, 0.1) is 16.7 Å². The van der Waals surface area contributed by atoms with Crippen molar-refractivity contribution in [1.29, 1.82) is 0 Å². The number of furan rings is 1. The molecular formula is C47H31N3O. The van der Waals surface area contributed by atoms with Crippen LogP contribution in [0.5, 0.6) is 0 Å². The molecule has 4 heterocycles. The molecule has 6 aromatic carbocycles. The zero-order valence-corrected chi connectivity index (χ0v) is 28.0. The molecule has 0 spiro atoms. The van der Waals surface area contributed by atoms with E-state index in [4.69, 9.17) is 14.4 Å². The standard InChI is InChI=1S/C47H31N3O/c1-28-11-9-19-35-37(28)26-38(47-43(35)39-24-31-14-5-6-15-32(31)25-41(39)51-47)33-17-10-16-30(23-33)34-21-22-42-49-45-36-18-7-8-20-40(36)48-44(46(45)50(42)27-34)29-12-3-2-4-13-29/h2-10,12-28H,11H2,1H3. The van der Waals surface area contributed by atoms with Crippen molar-refractivity contribution in [3.8, 4) is 33.5 Å². The van der Waals surface area contributed by atoms with Crippen LogP contribution >= 0.6 is 0 Å². The normalized spacial score (nSPS) is 14.4. The number of rotatable bonds is 3. The first kappa shape index (κ1) is 28.3. The molecule has 0 N–H and O–H groups in total. The minimum Gasteiger partial charge on any atom is -0.455 e. The van der Waals surface area contributed by atoms with Crippen molar-refractivity contribution >= 4 is 66.4 Å². The maximum atomic E-state index is 6.83. The minimum absolute atomic E-state index is 0.419. The summed E-state index contributed by atoms with van der Waals surface area (Å²) in [6.07, 6.45) is 7.86. The van der Waals surface area contributed by atoms with Gasteiger partial charge in [-0.2, -0.15) is 0 Å². The molecule has 0 saturated carbocycles. The van der Waals surface area contributed by atoms with Crippen LogP contribution in [0.15, 0.2) is 150 Å². The lowest BCUT2D eigenvalue weighted by Gasteiger charge is -2.20. The van der Waals surface area contributed by atoms with Crippen LogP contribution in [0, 0.1) is 0 Å². The first-order valence-electron chi connectivity index (χ1n) is 17.6. The van der Waals surface area contributed by atoms with Crippen LogP contribution in [0.2, 0.25) is 0 Å². The van der Waals surface area contributed by atoms with Gasteiger partial charge in [-0.1, -0.05) is 110 Å². The van der Waals surface area contributed by atoms with E-state index in [1.165, 1.54) is 32.7 Å². The average Bonchev–Trinajstić information content (AvgIpc) is 3.76. The topological polar surface area (TPSA) is 43.3 Å². The highest BCUT2D eigenvalue weighted by atomic mass is 16.3. The van der Waals surface area contributed by atoms with Crippen molar-refractivity contribution in [2.75, 3.05) is 0 Å². The monoisotopic (exact) mass is 653 g/mol. The number of nitrogens with zero attached hydrogens (tertiary/aromatic N) is 3. The van der Waals surface area contributed by atoms with Gasteiger partial charge in [0.25, 0.3) is 0 Å². The minimum atomic E-state index is 0.419. The highest BCUT2D eigenvalue weighted by Crippen LogP contribution is 2.45. The second-order valence-corrected chi connectivity index (χ2v) is 13.8. The summed E-state index contributed by atoms with van der Waals surface area (Å²) >= 11 is 0. The largest absolute Gasteiger partial charge is 0.455 e. The summed E-state index contributed by atoms with van der Waals surface area (Å²) < 4.78 is 9.04. The predicted octanol–water partition coefficient (Wildman–Crippen LogP) is 12.6. The smallest absolute Gasteiger partial charge is 0.143 e. The third-order valence-corrected chi connectivity index (χ3v) is 10.8. The molecule has 0 fully saturated rings. The molecule has 11 rings (SSSR count). The summed E-state index contributed by atoms with van der Waals surface area (Å²) in [4.78, 5) is 10.3. The third-order valence-electron chi connectivity index (χ3n) is 10.8. The summed E-state index contributed by atoms with van der Waals surface area (Å²) in [5.41, 5.74) is 14.8. The number of aromatic nitrogens is 3. The van der Waals surface area contributed by atoms with Gasteiger partial charge >= 0.3 is 0 Å². The molecule has 0 amide bonds. The Morgan fingerprint density at radius 3 is 2.35 bits per heavy atom. The van der Waals surface area contributed by atoms with Crippen LogP contribution in [0.3, 0.4) is 0 Å². The molecule has 1 aliphatic rings. The first-order chi connectivity index (χ1) is 25.2. The van der Waals surface area contributed by atoms with E-state index in [9.17, 15) is 0 Å². The molecule has 0 bridgehead atoms. The summed E-state index contributed by atoms with van der Waals surface area (Å²) in [6, 6.07) is 47.3. The molecule has 1 atom stereocenters. The van der Waals surface area contributed by atoms with Gasteiger partial charge in [-0.05, 0) is 93.4 Å². The number of fused-ring (bicyclic) bond motifs is 11. The van der Waals surface area contributed by atoms with Crippen LogP contribution in [0.4, 0.5) is 0 Å². The first-order valence-corrected chi connectivity index (χ1v) is 17.6. The fourth-order valence-corrected chi connectivity index (χ4v) is 8.24. The number of allylic oxidation sites excluding steroid dienone is 1. The third kappa shape index (κ3) is 4.26. The van der Waals surface area contributed by atoms with E-state index in [0.29, 0.717) is 5.92 Å². The number of benzene rings is 6. The lowest BCUT2D eigenvalue weighted by molar-refractivity contribution is 0.669. The molecule has 240 valence electrons. The Bertz CT molecular complexity index is 3070. The lowest BCUT2D eigenvalue weighted by Crippen LogP contribution is -2.01. The fourth-order valence-electron chi connectivity index (χ4n) is 8.24. The number of hydrogen-bond acceptors (Lipinski definition) is 3. The number of para-hydroxylation sites is 1. The van der Waals surface area contributed by atoms with Crippen molar-refractivity contribution < 1.29 is 4.42 Å². The molecule has 0 saturated heterocycles. The second kappa shape index (κ2) is 10.7. The van der Waals surface area contributed by atoms with Crippen molar-refractivity contribution in [3.63, 3.8) is 0 Å². The zero-order valence-electron chi connectivity index (χ0n) is 28.0. The Balaban J connectivity index is 1.13. The molecule has 4 heteroatoms.